The minimum Gasteiger partial charge on any atom is -0.187 e. The molecule has 1 unspecified atom stereocenters. The molecular formula is C16H15ClN4S. The van der Waals surface area contributed by atoms with Crippen molar-refractivity contribution >= 4 is 23.4 Å². The van der Waals surface area contributed by atoms with Gasteiger partial charge in [0, 0.05) is 10.3 Å². The van der Waals surface area contributed by atoms with Crippen molar-refractivity contribution in [3.63, 3.8) is 0 Å². The van der Waals surface area contributed by atoms with Crippen LogP contribution in [0.25, 0.3) is 5.69 Å². The predicted molar refractivity (Wildman–Crippen MR) is 89.6 cm³/mol. The van der Waals surface area contributed by atoms with Gasteiger partial charge in [-0.15, -0.1) is 5.10 Å². The van der Waals surface area contributed by atoms with Gasteiger partial charge in [0.2, 0.25) is 5.16 Å². The number of tetrazole rings is 1. The van der Waals surface area contributed by atoms with E-state index in [4.69, 9.17) is 11.6 Å². The maximum Gasteiger partial charge on any atom is 0.214 e. The van der Waals surface area contributed by atoms with Gasteiger partial charge in [-0.2, -0.15) is 4.68 Å². The molecule has 0 aliphatic rings. The summed E-state index contributed by atoms with van der Waals surface area (Å²) in [7, 11) is 0. The summed E-state index contributed by atoms with van der Waals surface area (Å²) in [6.45, 7) is 4.15. The molecule has 4 nitrogen and oxygen atoms in total. The van der Waals surface area contributed by atoms with Crippen LogP contribution in [0.1, 0.15) is 23.3 Å². The highest BCUT2D eigenvalue weighted by Gasteiger charge is 2.16. The molecule has 0 aliphatic heterocycles. The lowest BCUT2D eigenvalue weighted by atomic mass is 10.2. The number of aromatic nitrogens is 4. The second kappa shape index (κ2) is 6.50. The summed E-state index contributed by atoms with van der Waals surface area (Å²) in [6.07, 6.45) is 0. The topological polar surface area (TPSA) is 43.6 Å². The van der Waals surface area contributed by atoms with Crippen LogP contribution in [0, 0.1) is 6.92 Å². The predicted octanol–water partition coefficient (Wildman–Crippen LogP) is 4.48. The van der Waals surface area contributed by atoms with Crippen molar-refractivity contribution in [2.75, 3.05) is 0 Å². The highest BCUT2D eigenvalue weighted by Crippen LogP contribution is 2.37. The van der Waals surface area contributed by atoms with E-state index in [-0.39, 0.29) is 5.25 Å². The SMILES string of the molecule is Cc1ccc(-n2nnnc2SC(C)c2ccccc2Cl)cc1. The third-order valence-corrected chi connectivity index (χ3v) is 4.76. The Labute approximate surface area is 138 Å². The summed E-state index contributed by atoms with van der Waals surface area (Å²) in [5.74, 6) is 0. The fourth-order valence-corrected chi connectivity index (χ4v) is 3.47. The van der Waals surface area contributed by atoms with E-state index in [0.29, 0.717) is 0 Å². The Morgan fingerprint density at radius 2 is 1.82 bits per heavy atom. The average molecular weight is 331 g/mol. The van der Waals surface area contributed by atoms with E-state index >= 15 is 0 Å². The second-order valence-electron chi connectivity index (χ2n) is 4.99. The zero-order valence-corrected chi connectivity index (χ0v) is 13.8. The minimum atomic E-state index is 0.156. The average Bonchev–Trinajstić information content (AvgIpc) is 2.96. The smallest absolute Gasteiger partial charge is 0.187 e. The molecule has 0 fully saturated rings. The quantitative estimate of drug-likeness (QED) is 0.662. The summed E-state index contributed by atoms with van der Waals surface area (Å²) in [5, 5.41) is 13.7. The lowest BCUT2D eigenvalue weighted by Crippen LogP contribution is -2.00. The third-order valence-electron chi connectivity index (χ3n) is 3.34. The molecule has 0 aliphatic carbocycles. The Morgan fingerprint density at radius 3 is 2.55 bits per heavy atom. The van der Waals surface area contributed by atoms with Crippen molar-refractivity contribution in [3.8, 4) is 5.69 Å². The Balaban J connectivity index is 1.86. The van der Waals surface area contributed by atoms with Crippen molar-refractivity contribution in [1.29, 1.82) is 0 Å². The van der Waals surface area contributed by atoms with Gasteiger partial charge in [-0.3, -0.25) is 0 Å². The molecule has 2 aromatic carbocycles. The van der Waals surface area contributed by atoms with Crippen molar-refractivity contribution in [1.82, 2.24) is 20.2 Å². The fourth-order valence-electron chi connectivity index (χ4n) is 2.13. The number of hydrogen-bond donors (Lipinski definition) is 0. The second-order valence-corrected chi connectivity index (χ2v) is 6.71. The van der Waals surface area contributed by atoms with Crippen LogP contribution in [-0.4, -0.2) is 20.2 Å². The van der Waals surface area contributed by atoms with Crippen LogP contribution in [0.2, 0.25) is 5.02 Å². The van der Waals surface area contributed by atoms with Gasteiger partial charge < -0.3 is 0 Å². The van der Waals surface area contributed by atoms with Crippen molar-refractivity contribution in [2.24, 2.45) is 0 Å². The molecule has 0 saturated heterocycles. The van der Waals surface area contributed by atoms with Gasteiger partial charge in [0.15, 0.2) is 0 Å². The van der Waals surface area contributed by atoms with E-state index in [9.17, 15) is 0 Å². The summed E-state index contributed by atoms with van der Waals surface area (Å²) in [4.78, 5) is 0. The maximum absolute atomic E-state index is 6.26. The van der Waals surface area contributed by atoms with E-state index < -0.39 is 0 Å². The van der Waals surface area contributed by atoms with Crippen LogP contribution in [0.3, 0.4) is 0 Å². The number of rotatable bonds is 4. The first-order valence-corrected chi connectivity index (χ1v) is 8.17. The molecule has 3 rings (SSSR count). The number of aryl methyl sites for hydroxylation is 1. The van der Waals surface area contributed by atoms with Gasteiger partial charge in [0.05, 0.1) is 5.69 Å². The van der Waals surface area contributed by atoms with Gasteiger partial charge >= 0.3 is 0 Å². The fraction of sp³-hybridized carbons (Fsp3) is 0.188. The lowest BCUT2D eigenvalue weighted by molar-refractivity contribution is 0.755. The standard InChI is InChI=1S/C16H15ClN4S/c1-11-7-9-13(10-8-11)21-16(18-19-20-21)22-12(2)14-5-3-4-6-15(14)17/h3-10,12H,1-2H3. The molecule has 3 aromatic rings. The first-order valence-electron chi connectivity index (χ1n) is 6.91. The van der Waals surface area contributed by atoms with Crippen LogP contribution in [0.5, 0.6) is 0 Å². The van der Waals surface area contributed by atoms with Crippen LogP contribution >= 0.6 is 23.4 Å². The van der Waals surface area contributed by atoms with Gasteiger partial charge in [-0.1, -0.05) is 59.3 Å². The molecule has 1 heterocycles. The molecule has 1 atom stereocenters. The molecule has 1 aromatic heterocycles. The number of benzene rings is 2. The number of halogens is 1. The number of hydrogen-bond acceptors (Lipinski definition) is 4. The molecular weight excluding hydrogens is 316 g/mol. The molecule has 6 heteroatoms. The van der Waals surface area contributed by atoms with Gasteiger partial charge in [-0.25, -0.2) is 0 Å². The lowest BCUT2D eigenvalue weighted by Gasteiger charge is -2.12. The Morgan fingerprint density at radius 1 is 1.09 bits per heavy atom. The highest BCUT2D eigenvalue weighted by molar-refractivity contribution is 7.99. The largest absolute Gasteiger partial charge is 0.214 e. The number of nitrogens with zero attached hydrogens (tertiary/aromatic N) is 4. The summed E-state index contributed by atoms with van der Waals surface area (Å²) >= 11 is 7.85. The van der Waals surface area contributed by atoms with E-state index in [2.05, 4.69) is 29.4 Å². The van der Waals surface area contributed by atoms with Gasteiger partial charge in [0.25, 0.3) is 0 Å². The normalized spacial score (nSPS) is 12.3. The maximum atomic E-state index is 6.26. The monoisotopic (exact) mass is 330 g/mol. The molecule has 112 valence electrons. The molecule has 0 saturated carbocycles. The van der Waals surface area contributed by atoms with Crippen LogP contribution < -0.4 is 0 Å². The van der Waals surface area contributed by atoms with Crippen molar-refractivity contribution in [2.45, 2.75) is 24.3 Å². The first-order chi connectivity index (χ1) is 10.6. The first kappa shape index (κ1) is 15.1. The Bertz CT molecular complexity index is 770. The molecule has 0 N–H and O–H groups in total. The zero-order chi connectivity index (χ0) is 15.5. The molecule has 0 radical (unpaired) electrons. The van der Waals surface area contributed by atoms with E-state index in [1.807, 2.05) is 48.5 Å². The van der Waals surface area contributed by atoms with Crippen LogP contribution in [0.4, 0.5) is 0 Å². The van der Waals surface area contributed by atoms with Crippen LogP contribution in [-0.2, 0) is 0 Å². The Kier molecular flexibility index (Phi) is 4.45. The van der Waals surface area contributed by atoms with Crippen LogP contribution in [0.15, 0.2) is 53.7 Å². The van der Waals surface area contributed by atoms with Gasteiger partial charge in [-0.05, 0) is 48.0 Å². The molecule has 0 bridgehead atoms. The highest BCUT2D eigenvalue weighted by atomic mass is 35.5. The van der Waals surface area contributed by atoms with Gasteiger partial charge in [0.1, 0.15) is 0 Å². The summed E-state index contributed by atoms with van der Waals surface area (Å²) in [6, 6.07) is 16.0. The minimum absolute atomic E-state index is 0.156. The van der Waals surface area contributed by atoms with Crippen molar-refractivity contribution in [3.05, 3.63) is 64.7 Å². The molecule has 0 amide bonds. The van der Waals surface area contributed by atoms with E-state index in [1.165, 1.54) is 5.56 Å². The molecule has 0 spiro atoms. The Hall–Kier alpha value is -1.85. The third kappa shape index (κ3) is 3.15. The van der Waals surface area contributed by atoms with E-state index in [1.54, 1.807) is 16.4 Å². The van der Waals surface area contributed by atoms with Crippen molar-refractivity contribution < 1.29 is 0 Å². The van der Waals surface area contributed by atoms with E-state index in [0.717, 1.165) is 21.4 Å². The zero-order valence-electron chi connectivity index (χ0n) is 12.3. The number of thioether (sulfide) groups is 1. The summed E-state index contributed by atoms with van der Waals surface area (Å²) in [5.41, 5.74) is 3.23. The summed E-state index contributed by atoms with van der Waals surface area (Å²) < 4.78 is 1.75. The molecule has 22 heavy (non-hydrogen) atoms.